The van der Waals surface area contributed by atoms with Gasteiger partial charge in [-0.25, -0.2) is 13.1 Å². The summed E-state index contributed by atoms with van der Waals surface area (Å²) in [5.74, 6) is -0.113. The van der Waals surface area contributed by atoms with Crippen LogP contribution in [0.3, 0.4) is 0 Å². The van der Waals surface area contributed by atoms with Crippen LogP contribution >= 0.6 is 0 Å². The van der Waals surface area contributed by atoms with Gasteiger partial charge in [0.25, 0.3) is 0 Å². The number of rotatable bonds is 6. The van der Waals surface area contributed by atoms with Crippen LogP contribution in [-0.2, 0) is 20.5 Å². The topological polar surface area (TPSA) is 79.2 Å². The van der Waals surface area contributed by atoms with Crippen LogP contribution < -0.4 is 4.72 Å². The molecule has 0 spiro atoms. The van der Waals surface area contributed by atoms with E-state index in [-0.39, 0.29) is 12.3 Å². The average molecular weight is 282 g/mol. The summed E-state index contributed by atoms with van der Waals surface area (Å²) in [4.78, 5) is 0. The summed E-state index contributed by atoms with van der Waals surface area (Å²) < 4.78 is 31.4. The van der Waals surface area contributed by atoms with Crippen LogP contribution in [0.2, 0.25) is 0 Å². The Labute approximate surface area is 114 Å². The first-order valence-electron chi connectivity index (χ1n) is 5.79. The third-order valence-electron chi connectivity index (χ3n) is 2.71. The Morgan fingerprint density at radius 2 is 1.89 bits per heavy atom. The average Bonchev–Trinajstić information content (AvgIpc) is 2.37. The zero-order valence-electron chi connectivity index (χ0n) is 11.3. The van der Waals surface area contributed by atoms with Crippen LogP contribution in [0.4, 0.5) is 0 Å². The van der Waals surface area contributed by atoms with Crippen molar-refractivity contribution >= 4 is 10.0 Å². The number of hydrogen-bond donors (Lipinski definition) is 1. The van der Waals surface area contributed by atoms with E-state index >= 15 is 0 Å². The molecule has 0 aliphatic carbocycles. The molecule has 0 amide bonds. The van der Waals surface area contributed by atoms with E-state index < -0.39 is 15.6 Å². The Kier molecular flexibility index (Phi) is 5.06. The predicted molar refractivity (Wildman–Crippen MR) is 72.9 cm³/mol. The second kappa shape index (κ2) is 6.15. The second-order valence-electron chi connectivity index (χ2n) is 4.85. The van der Waals surface area contributed by atoms with Crippen LogP contribution in [0.25, 0.3) is 0 Å². The van der Waals surface area contributed by atoms with Crippen molar-refractivity contribution in [1.29, 1.82) is 5.26 Å². The van der Waals surface area contributed by atoms with Gasteiger partial charge in [0.15, 0.2) is 0 Å². The number of benzene rings is 1. The lowest BCUT2D eigenvalue weighted by molar-refractivity contribution is 0.0276. The van der Waals surface area contributed by atoms with E-state index in [1.807, 2.05) is 6.07 Å². The van der Waals surface area contributed by atoms with Crippen LogP contribution in [0.15, 0.2) is 24.3 Å². The van der Waals surface area contributed by atoms with Gasteiger partial charge < -0.3 is 4.74 Å². The lowest BCUT2D eigenvalue weighted by atomic mass is 10.1. The van der Waals surface area contributed by atoms with Crippen molar-refractivity contribution in [3.05, 3.63) is 35.4 Å². The minimum Gasteiger partial charge on any atom is -0.377 e. The first kappa shape index (κ1) is 15.6. The van der Waals surface area contributed by atoms with E-state index in [0.29, 0.717) is 11.1 Å². The highest BCUT2D eigenvalue weighted by Crippen LogP contribution is 2.09. The van der Waals surface area contributed by atoms with Crippen LogP contribution in [0.1, 0.15) is 25.0 Å². The highest BCUT2D eigenvalue weighted by Gasteiger charge is 2.20. The molecule has 5 nitrogen and oxygen atoms in total. The van der Waals surface area contributed by atoms with Crippen molar-refractivity contribution < 1.29 is 13.2 Å². The summed E-state index contributed by atoms with van der Waals surface area (Å²) in [7, 11) is -1.87. The maximum atomic E-state index is 11.9. The van der Waals surface area contributed by atoms with Gasteiger partial charge in [0.1, 0.15) is 0 Å². The predicted octanol–water partition coefficient (Wildman–Crippen LogP) is 1.40. The number of nitrogens with zero attached hydrogens (tertiary/aromatic N) is 1. The molecule has 0 heterocycles. The smallest absolute Gasteiger partial charge is 0.215 e. The molecular formula is C13H18N2O3S. The molecule has 0 atom stereocenters. The van der Waals surface area contributed by atoms with Crippen LogP contribution in [-0.4, -0.2) is 27.7 Å². The van der Waals surface area contributed by atoms with Gasteiger partial charge >= 0.3 is 0 Å². The SMILES string of the molecule is COC(C)(C)CNS(=O)(=O)Cc1ccc(C#N)cc1. The summed E-state index contributed by atoms with van der Waals surface area (Å²) in [6.07, 6.45) is 0. The highest BCUT2D eigenvalue weighted by atomic mass is 32.2. The molecule has 0 unspecified atom stereocenters. The van der Waals surface area contributed by atoms with Crippen molar-refractivity contribution in [3.8, 4) is 6.07 Å². The summed E-state index contributed by atoms with van der Waals surface area (Å²) in [6, 6.07) is 8.47. The summed E-state index contributed by atoms with van der Waals surface area (Å²) in [6.45, 7) is 3.82. The molecule has 19 heavy (non-hydrogen) atoms. The zero-order valence-corrected chi connectivity index (χ0v) is 12.1. The largest absolute Gasteiger partial charge is 0.377 e. The molecule has 1 rings (SSSR count). The number of nitrogens with one attached hydrogen (secondary N) is 1. The number of methoxy groups -OCH3 is 1. The van der Waals surface area contributed by atoms with E-state index in [0.717, 1.165) is 0 Å². The van der Waals surface area contributed by atoms with Crippen LogP contribution in [0, 0.1) is 11.3 Å². The van der Waals surface area contributed by atoms with E-state index in [4.69, 9.17) is 10.00 Å². The molecule has 0 bridgehead atoms. The van der Waals surface area contributed by atoms with E-state index in [9.17, 15) is 8.42 Å². The normalized spacial score (nSPS) is 12.1. The van der Waals surface area contributed by atoms with Gasteiger partial charge in [0.05, 0.1) is 23.0 Å². The van der Waals surface area contributed by atoms with Gasteiger partial charge in [0.2, 0.25) is 10.0 Å². The second-order valence-corrected chi connectivity index (χ2v) is 6.66. The first-order chi connectivity index (χ1) is 8.78. The van der Waals surface area contributed by atoms with Gasteiger partial charge in [-0.2, -0.15) is 5.26 Å². The zero-order chi connectivity index (χ0) is 14.5. The number of hydrogen-bond acceptors (Lipinski definition) is 4. The van der Waals surface area contributed by atoms with Crippen molar-refractivity contribution in [3.63, 3.8) is 0 Å². The molecule has 1 aromatic rings. The Bertz CT molecular complexity index is 557. The van der Waals surface area contributed by atoms with E-state index in [2.05, 4.69) is 4.72 Å². The van der Waals surface area contributed by atoms with Gasteiger partial charge in [0, 0.05) is 13.7 Å². The molecule has 104 valence electrons. The lowest BCUT2D eigenvalue weighted by Crippen LogP contribution is -2.40. The molecule has 0 saturated carbocycles. The summed E-state index contributed by atoms with van der Waals surface area (Å²) in [5, 5.41) is 8.67. The Hall–Kier alpha value is -1.42. The molecule has 0 aliphatic rings. The van der Waals surface area contributed by atoms with Gasteiger partial charge in [-0.05, 0) is 31.5 Å². The molecule has 6 heteroatoms. The molecule has 0 aromatic heterocycles. The van der Waals surface area contributed by atoms with Crippen molar-refractivity contribution in [2.45, 2.75) is 25.2 Å². The standard InChI is InChI=1S/C13H18N2O3S/c1-13(2,18-3)10-15-19(16,17)9-12-6-4-11(8-14)5-7-12/h4-7,15H,9-10H2,1-3H3. The Balaban J connectivity index is 2.66. The first-order valence-corrected chi connectivity index (χ1v) is 7.45. The fraction of sp³-hybridized carbons (Fsp3) is 0.462. The molecule has 0 saturated heterocycles. The Morgan fingerprint density at radius 1 is 1.32 bits per heavy atom. The van der Waals surface area contributed by atoms with Gasteiger partial charge in [-0.15, -0.1) is 0 Å². The fourth-order valence-corrected chi connectivity index (χ4v) is 2.60. The molecule has 1 N–H and O–H groups in total. The molecule has 1 aromatic carbocycles. The van der Waals surface area contributed by atoms with Gasteiger partial charge in [-0.3, -0.25) is 0 Å². The van der Waals surface area contributed by atoms with Gasteiger partial charge in [-0.1, -0.05) is 12.1 Å². The summed E-state index contributed by atoms with van der Waals surface area (Å²) in [5.41, 5.74) is 0.605. The fourth-order valence-electron chi connectivity index (χ4n) is 1.30. The monoisotopic (exact) mass is 282 g/mol. The number of ether oxygens (including phenoxy) is 1. The molecule has 0 radical (unpaired) electrons. The maximum Gasteiger partial charge on any atom is 0.215 e. The molecular weight excluding hydrogens is 264 g/mol. The van der Waals surface area contributed by atoms with Crippen molar-refractivity contribution in [2.24, 2.45) is 0 Å². The molecule has 0 fully saturated rings. The van der Waals surface area contributed by atoms with E-state index in [1.165, 1.54) is 7.11 Å². The highest BCUT2D eigenvalue weighted by molar-refractivity contribution is 7.88. The van der Waals surface area contributed by atoms with Crippen molar-refractivity contribution in [2.75, 3.05) is 13.7 Å². The number of nitriles is 1. The Morgan fingerprint density at radius 3 is 2.37 bits per heavy atom. The van der Waals surface area contributed by atoms with Crippen LogP contribution in [0.5, 0.6) is 0 Å². The third-order valence-corrected chi connectivity index (χ3v) is 4.01. The summed E-state index contributed by atoms with van der Waals surface area (Å²) >= 11 is 0. The third kappa shape index (κ3) is 5.39. The van der Waals surface area contributed by atoms with E-state index in [1.54, 1.807) is 38.1 Å². The van der Waals surface area contributed by atoms with Crippen molar-refractivity contribution in [1.82, 2.24) is 4.72 Å². The lowest BCUT2D eigenvalue weighted by Gasteiger charge is -2.23. The quantitative estimate of drug-likeness (QED) is 0.855. The minimum atomic E-state index is -3.41. The number of sulfonamides is 1. The molecule has 0 aliphatic heterocycles. The maximum absolute atomic E-state index is 11.9. The minimum absolute atomic E-state index is 0.113.